The van der Waals surface area contributed by atoms with Crippen LogP contribution in [0.4, 0.5) is 0 Å². The minimum Gasteiger partial charge on any atom is -0.508 e. The fourth-order valence-electron chi connectivity index (χ4n) is 5.39. The lowest BCUT2D eigenvalue weighted by Gasteiger charge is -2.28. The average Bonchev–Trinajstić information content (AvgIpc) is 3.45. The molecule has 0 unspecified atom stereocenters. The van der Waals surface area contributed by atoms with E-state index in [2.05, 4.69) is 10.0 Å². The number of nitrogens with zero attached hydrogens (tertiary/aromatic N) is 1. The van der Waals surface area contributed by atoms with Crippen molar-refractivity contribution >= 4 is 27.7 Å². The molecule has 0 saturated carbocycles. The molecule has 4 rings (SSSR count). The number of sulfonamides is 1. The van der Waals surface area contributed by atoms with Crippen LogP contribution in [-0.4, -0.2) is 72.6 Å². The van der Waals surface area contributed by atoms with E-state index in [0.29, 0.717) is 24.9 Å². The standard InChI is InChI=1S/C32H39N5O6S/c33-27(18-24-13-15-26(38)16-14-24)32(41)37-17-7-12-25(37)21-44(42,43)36-29(20-23-10-5-2-6-11-23)31(40)35-28(30(34)39)19-22-8-3-1-4-9-22/h1-6,8-11,13-16,25,27-29,36,38H,7,12,17-21,33H2,(H2,34,39)(H,35,40)/t25-,27-,28-,29-/m0/s1. The predicted octanol–water partition coefficient (Wildman–Crippen LogP) is 0.997. The molecule has 234 valence electrons. The Morgan fingerprint density at radius 2 is 1.39 bits per heavy atom. The molecule has 1 heterocycles. The smallest absolute Gasteiger partial charge is 0.240 e. The van der Waals surface area contributed by atoms with Gasteiger partial charge in [0, 0.05) is 19.0 Å². The molecule has 3 aromatic rings. The Morgan fingerprint density at radius 1 is 0.841 bits per heavy atom. The molecule has 3 aromatic carbocycles. The van der Waals surface area contributed by atoms with E-state index in [4.69, 9.17) is 11.5 Å². The zero-order valence-electron chi connectivity index (χ0n) is 24.3. The summed E-state index contributed by atoms with van der Waals surface area (Å²) in [4.78, 5) is 40.5. The summed E-state index contributed by atoms with van der Waals surface area (Å²) in [6, 6.07) is 20.6. The van der Waals surface area contributed by atoms with Crippen LogP contribution in [0.15, 0.2) is 84.9 Å². The Bertz CT molecular complexity index is 1520. The van der Waals surface area contributed by atoms with Gasteiger partial charge in [-0.1, -0.05) is 72.8 Å². The number of primary amides is 1. The highest BCUT2D eigenvalue weighted by atomic mass is 32.2. The van der Waals surface area contributed by atoms with Crippen LogP contribution < -0.4 is 21.5 Å². The fourth-order valence-corrected chi connectivity index (χ4v) is 6.96. The van der Waals surface area contributed by atoms with Crippen molar-refractivity contribution in [3.8, 4) is 5.75 Å². The monoisotopic (exact) mass is 621 g/mol. The lowest BCUT2D eigenvalue weighted by Crippen LogP contribution is -2.55. The third-order valence-electron chi connectivity index (χ3n) is 7.64. The van der Waals surface area contributed by atoms with E-state index in [1.807, 2.05) is 12.1 Å². The van der Waals surface area contributed by atoms with E-state index < -0.39 is 51.8 Å². The summed E-state index contributed by atoms with van der Waals surface area (Å²) in [6.45, 7) is 0.371. The summed E-state index contributed by atoms with van der Waals surface area (Å²) in [5.74, 6) is -2.10. The molecule has 1 aliphatic rings. The van der Waals surface area contributed by atoms with Crippen LogP contribution in [0.3, 0.4) is 0 Å². The minimum absolute atomic E-state index is 0.0353. The van der Waals surface area contributed by atoms with Crippen LogP contribution in [0.25, 0.3) is 0 Å². The summed E-state index contributed by atoms with van der Waals surface area (Å²) >= 11 is 0. The molecule has 3 amide bonds. The molecule has 1 aliphatic heterocycles. The highest BCUT2D eigenvalue weighted by Crippen LogP contribution is 2.21. The van der Waals surface area contributed by atoms with E-state index in [0.717, 1.165) is 11.1 Å². The van der Waals surface area contributed by atoms with Gasteiger partial charge in [-0.3, -0.25) is 14.4 Å². The summed E-state index contributed by atoms with van der Waals surface area (Å²) in [5.41, 5.74) is 14.1. The van der Waals surface area contributed by atoms with Crippen LogP contribution >= 0.6 is 0 Å². The quantitative estimate of drug-likeness (QED) is 0.178. The summed E-state index contributed by atoms with van der Waals surface area (Å²) in [6.07, 6.45) is 1.50. The van der Waals surface area contributed by atoms with Gasteiger partial charge >= 0.3 is 0 Å². The zero-order chi connectivity index (χ0) is 31.7. The lowest BCUT2D eigenvalue weighted by atomic mass is 10.0. The summed E-state index contributed by atoms with van der Waals surface area (Å²) < 4.78 is 29.5. The van der Waals surface area contributed by atoms with Crippen molar-refractivity contribution in [1.82, 2.24) is 14.9 Å². The van der Waals surface area contributed by atoms with Gasteiger partial charge in [0.25, 0.3) is 0 Å². The molecule has 44 heavy (non-hydrogen) atoms. The van der Waals surface area contributed by atoms with Gasteiger partial charge in [-0.25, -0.2) is 13.1 Å². The molecular formula is C32H39N5O6S. The number of benzene rings is 3. The number of phenols is 1. The van der Waals surface area contributed by atoms with E-state index in [-0.39, 0.29) is 30.9 Å². The molecule has 0 aromatic heterocycles. The molecule has 11 nitrogen and oxygen atoms in total. The molecule has 0 spiro atoms. The molecule has 1 saturated heterocycles. The van der Waals surface area contributed by atoms with Crippen molar-refractivity contribution < 1.29 is 27.9 Å². The van der Waals surface area contributed by atoms with Crippen molar-refractivity contribution in [3.63, 3.8) is 0 Å². The van der Waals surface area contributed by atoms with Crippen molar-refractivity contribution in [3.05, 3.63) is 102 Å². The lowest BCUT2D eigenvalue weighted by molar-refractivity contribution is -0.133. The first-order valence-electron chi connectivity index (χ1n) is 14.5. The second kappa shape index (κ2) is 15.0. The van der Waals surface area contributed by atoms with Gasteiger partial charge < -0.3 is 26.8 Å². The Labute approximate surface area is 257 Å². The van der Waals surface area contributed by atoms with Crippen LogP contribution in [0.5, 0.6) is 5.75 Å². The second-order valence-electron chi connectivity index (χ2n) is 11.1. The second-order valence-corrected chi connectivity index (χ2v) is 12.9. The molecule has 0 radical (unpaired) electrons. The number of amides is 3. The van der Waals surface area contributed by atoms with Crippen LogP contribution in [0, 0.1) is 0 Å². The minimum atomic E-state index is -4.09. The van der Waals surface area contributed by atoms with Gasteiger partial charge in [0.05, 0.1) is 11.8 Å². The van der Waals surface area contributed by atoms with Gasteiger partial charge in [-0.05, 0) is 54.5 Å². The van der Waals surface area contributed by atoms with Crippen LogP contribution in [-0.2, 0) is 43.7 Å². The fraction of sp³-hybridized carbons (Fsp3) is 0.344. The SMILES string of the molecule is NC(=O)[C@H](Cc1ccccc1)NC(=O)[C@H](Cc1ccccc1)NS(=O)(=O)C[C@@H]1CCCN1C(=O)[C@@H](N)Cc1ccc(O)cc1. The highest BCUT2D eigenvalue weighted by molar-refractivity contribution is 7.89. The molecule has 12 heteroatoms. The number of phenolic OH excluding ortho intramolecular Hbond substituents is 1. The third kappa shape index (κ3) is 9.37. The first-order valence-corrected chi connectivity index (χ1v) is 16.2. The van der Waals surface area contributed by atoms with E-state index in [1.54, 1.807) is 60.7 Å². The van der Waals surface area contributed by atoms with Gasteiger partial charge in [0.15, 0.2) is 0 Å². The molecule has 1 fully saturated rings. The molecular weight excluding hydrogens is 582 g/mol. The maximum Gasteiger partial charge on any atom is 0.240 e. The number of carbonyl (C=O) groups excluding carboxylic acids is 3. The Morgan fingerprint density at radius 3 is 1.95 bits per heavy atom. The average molecular weight is 622 g/mol. The Balaban J connectivity index is 1.46. The zero-order valence-corrected chi connectivity index (χ0v) is 25.2. The van der Waals surface area contributed by atoms with Crippen LogP contribution in [0.1, 0.15) is 29.5 Å². The van der Waals surface area contributed by atoms with E-state index >= 15 is 0 Å². The van der Waals surface area contributed by atoms with E-state index in [1.165, 1.54) is 17.0 Å². The third-order valence-corrected chi connectivity index (χ3v) is 9.11. The number of carbonyl (C=O) groups is 3. The van der Waals surface area contributed by atoms with Crippen molar-refractivity contribution in [2.45, 2.75) is 56.3 Å². The number of nitrogens with one attached hydrogen (secondary N) is 2. The van der Waals surface area contributed by atoms with Gasteiger partial charge in [-0.2, -0.15) is 0 Å². The molecule has 4 atom stereocenters. The number of aromatic hydroxyl groups is 1. The summed E-state index contributed by atoms with van der Waals surface area (Å²) in [7, 11) is -4.09. The van der Waals surface area contributed by atoms with Crippen molar-refractivity contribution in [2.24, 2.45) is 11.5 Å². The normalized spacial score (nSPS) is 17.0. The number of hydrogen-bond donors (Lipinski definition) is 5. The van der Waals surface area contributed by atoms with Crippen molar-refractivity contribution in [1.29, 1.82) is 0 Å². The number of hydrogen-bond acceptors (Lipinski definition) is 7. The van der Waals surface area contributed by atoms with Crippen LogP contribution in [0.2, 0.25) is 0 Å². The molecule has 0 aliphatic carbocycles. The van der Waals surface area contributed by atoms with E-state index in [9.17, 15) is 27.9 Å². The van der Waals surface area contributed by atoms with Crippen molar-refractivity contribution in [2.75, 3.05) is 12.3 Å². The van der Waals surface area contributed by atoms with Gasteiger partial charge in [0.1, 0.15) is 17.8 Å². The topological polar surface area (TPSA) is 185 Å². The van der Waals surface area contributed by atoms with Gasteiger partial charge in [-0.15, -0.1) is 0 Å². The Hall–Kier alpha value is -4.26. The predicted molar refractivity (Wildman–Crippen MR) is 167 cm³/mol. The molecule has 0 bridgehead atoms. The number of rotatable bonds is 14. The largest absolute Gasteiger partial charge is 0.508 e. The maximum absolute atomic E-state index is 13.5. The number of likely N-dealkylation sites (tertiary alicyclic amines) is 1. The first kappa shape index (κ1) is 32.6. The molecule has 7 N–H and O–H groups in total. The highest BCUT2D eigenvalue weighted by Gasteiger charge is 2.36. The Kier molecular flexibility index (Phi) is 11.1. The van der Waals surface area contributed by atoms with Gasteiger partial charge in [0.2, 0.25) is 27.7 Å². The number of nitrogens with two attached hydrogens (primary N) is 2. The summed E-state index contributed by atoms with van der Waals surface area (Å²) in [5, 5.41) is 12.1. The maximum atomic E-state index is 13.5. The first-order chi connectivity index (χ1) is 21.0.